The summed E-state index contributed by atoms with van der Waals surface area (Å²) in [7, 11) is 3.66. The maximum atomic E-state index is 12.0. The molecule has 0 aliphatic rings. The molecular formula is C15H19BrN6OS. The number of halogens is 1. The number of nitrogens with one attached hydrogen (secondary N) is 1. The van der Waals surface area contributed by atoms with Crippen molar-refractivity contribution in [2.45, 2.75) is 12.7 Å². The van der Waals surface area contributed by atoms with E-state index < -0.39 is 0 Å². The summed E-state index contributed by atoms with van der Waals surface area (Å²) < 4.78 is 0.863. The zero-order valence-electron chi connectivity index (χ0n) is 13.7. The average Bonchev–Trinajstić information content (AvgIpc) is 2.49. The van der Waals surface area contributed by atoms with E-state index in [1.54, 1.807) is 4.90 Å². The number of anilines is 3. The monoisotopic (exact) mass is 410 g/mol. The minimum Gasteiger partial charge on any atom is -0.368 e. The van der Waals surface area contributed by atoms with E-state index >= 15 is 0 Å². The lowest BCUT2D eigenvalue weighted by Gasteiger charge is -2.11. The van der Waals surface area contributed by atoms with Crippen LogP contribution in [-0.2, 0) is 10.5 Å². The SMILES string of the molecule is Cc1ccc(NC(=O)CSCc2nc(N)nc(N(C)C)n2)c(Br)c1. The summed E-state index contributed by atoms with van der Waals surface area (Å²) in [5.74, 6) is 1.93. The van der Waals surface area contributed by atoms with Gasteiger partial charge in [0.15, 0.2) is 0 Å². The van der Waals surface area contributed by atoms with Gasteiger partial charge in [0.1, 0.15) is 5.82 Å². The predicted molar refractivity (Wildman–Crippen MR) is 102 cm³/mol. The van der Waals surface area contributed by atoms with Crippen molar-refractivity contribution in [3.05, 3.63) is 34.1 Å². The number of hydrogen-bond acceptors (Lipinski definition) is 7. The van der Waals surface area contributed by atoms with Crippen molar-refractivity contribution >= 4 is 51.2 Å². The summed E-state index contributed by atoms with van der Waals surface area (Å²) >= 11 is 4.86. The Labute approximate surface area is 153 Å². The molecule has 0 saturated carbocycles. The van der Waals surface area contributed by atoms with Crippen LogP contribution in [0, 0.1) is 6.92 Å². The van der Waals surface area contributed by atoms with E-state index in [-0.39, 0.29) is 11.9 Å². The van der Waals surface area contributed by atoms with Gasteiger partial charge in [-0.1, -0.05) is 6.07 Å². The smallest absolute Gasteiger partial charge is 0.234 e. The second kappa shape index (κ2) is 8.29. The first kappa shape index (κ1) is 18.5. The van der Waals surface area contributed by atoms with E-state index in [1.165, 1.54) is 11.8 Å². The molecule has 0 saturated heterocycles. The van der Waals surface area contributed by atoms with Gasteiger partial charge in [-0.05, 0) is 40.5 Å². The molecule has 0 spiro atoms. The molecule has 0 aliphatic heterocycles. The lowest BCUT2D eigenvalue weighted by atomic mass is 10.2. The van der Waals surface area contributed by atoms with Crippen molar-refractivity contribution in [2.24, 2.45) is 0 Å². The number of nitrogens with zero attached hydrogens (tertiary/aromatic N) is 4. The standard InChI is InChI=1S/C15H19BrN6OS/c1-9-4-5-11(10(16)6-9)18-13(23)8-24-7-12-19-14(17)21-15(20-12)22(2)3/h4-6H,7-8H2,1-3H3,(H,18,23)(H2,17,19,20,21). The van der Waals surface area contributed by atoms with Crippen LogP contribution in [-0.4, -0.2) is 40.7 Å². The zero-order valence-corrected chi connectivity index (χ0v) is 16.1. The Balaban J connectivity index is 1.88. The zero-order chi connectivity index (χ0) is 17.7. The van der Waals surface area contributed by atoms with Gasteiger partial charge in [0.25, 0.3) is 0 Å². The number of amides is 1. The van der Waals surface area contributed by atoms with E-state index in [9.17, 15) is 4.79 Å². The molecule has 0 fully saturated rings. The first-order valence-corrected chi connectivity index (χ1v) is 9.11. The van der Waals surface area contributed by atoms with Crippen molar-refractivity contribution in [3.8, 4) is 0 Å². The maximum absolute atomic E-state index is 12.0. The molecule has 1 aromatic heterocycles. The van der Waals surface area contributed by atoms with Crippen LogP contribution < -0.4 is 16.0 Å². The third-order valence-electron chi connectivity index (χ3n) is 2.95. The fourth-order valence-electron chi connectivity index (χ4n) is 1.83. The predicted octanol–water partition coefficient (Wildman–Crippen LogP) is 2.46. The van der Waals surface area contributed by atoms with Gasteiger partial charge in [-0.15, -0.1) is 11.8 Å². The minimum absolute atomic E-state index is 0.0839. The number of carbonyl (C=O) groups is 1. The van der Waals surface area contributed by atoms with Crippen LogP contribution in [0.2, 0.25) is 0 Å². The Morgan fingerprint density at radius 2 is 2.08 bits per heavy atom. The van der Waals surface area contributed by atoms with Crippen LogP contribution in [0.25, 0.3) is 0 Å². The maximum Gasteiger partial charge on any atom is 0.234 e. The number of nitrogen functional groups attached to an aromatic ring is 1. The quantitative estimate of drug-likeness (QED) is 0.754. The van der Waals surface area contributed by atoms with Gasteiger partial charge in [-0.25, -0.2) is 0 Å². The fourth-order valence-corrected chi connectivity index (χ4v) is 3.10. The Kier molecular flexibility index (Phi) is 6.38. The minimum atomic E-state index is -0.0839. The fraction of sp³-hybridized carbons (Fsp3) is 0.333. The molecule has 0 unspecified atom stereocenters. The highest BCUT2D eigenvalue weighted by Gasteiger charge is 2.09. The first-order chi connectivity index (χ1) is 11.3. The van der Waals surface area contributed by atoms with Crippen molar-refractivity contribution in [2.75, 3.05) is 35.8 Å². The molecule has 2 rings (SSSR count). The highest BCUT2D eigenvalue weighted by molar-refractivity contribution is 9.10. The summed E-state index contributed by atoms with van der Waals surface area (Å²) in [5.41, 5.74) is 7.56. The molecule has 3 N–H and O–H groups in total. The van der Waals surface area contributed by atoms with Gasteiger partial charge in [-0.2, -0.15) is 15.0 Å². The molecule has 1 amide bonds. The summed E-state index contributed by atoms with van der Waals surface area (Å²) in [5, 5.41) is 2.87. The number of thioether (sulfide) groups is 1. The molecule has 1 heterocycles. The molecule has 1 aromatic carbocycles. The van der Waals surface area contributed by atoms with E-state index in [0.29, 0.717) is 23.3 Å². The van der Waals surface area contributed by atoms with Crippen LogP contribution in [0.15, 0.2) is 22.7 Å². The molecule has 0 atom stereocenters. The lowest BCUT2D eigenvalue weighted by Crippen LogP contribution is -2.17. The van der Waals surface area contributed by atoms with Gasteiger partial charge in [0.05, 0.1) is 17.2 Å². The van der Waals surface area contributed by atoms with Crippen molar-refractivity contribution in [1.82, 2.24) is 15.0 Å². The third kappa shape index (κ3) is 5.34. The summed E-state index contributed by atoms with van der Waals surface area (Å²) in [4.78, 5) is 26.2. The highest BCUT2D eigenvalue weighted by Crippen LogP contribution is 2.23. The van der Waals surface area contributed by atoms with Gasteiger partial charge in [0.2, 0.25) is 17.8 Å². The van der Waals surface area contributed by atoms with Crippen molar-refractivity contribution < 1.29 is 4.79 Å². The third-order valence-corrected chi connectivity index (χ3v) is 4.53. The number of nitrogens with two attached hydrogens (primary N) is 1. The first-order valence-electron chi connectivity index (χ1n) is 7.16. The number of aromatic nitrogens is 3. The van der Waals surface area contributed by atoms with E-state index in [0.717, 1.165) is 15.7 Å². The topological polar surface area (TPSA) is 97.0 Å². The van der Waals surface area contributed by atoms with Gasteiger partial charge < -0.3 is 16.0 Å². The summed E-state index contributed by atoms with van der Waals surface area (Å²) in [6, 6.07) is 5.78. The largest absolute Gasteiger partial charge is 0.368 e. The highest BCUT2D eigenvalue weighted by atomic mass is 79.9. The van der Waals surface area contributed by atoms with Gasteiger partial charge >= 0.3 is 0 Å². The molecule has 128 valence electrons. The summed E-state index contributed by atoms with van der Waals surface area (Å²) in [6.07, 6.45) is 0. The second-order valence-electron chi connectivity index (χ2n) is 5.33. The van der Waals surface area contributed by atoms with Crippen molar-refractivity contribution in [3.63, 3.8) is 0 Å². The average molecular weight is 411 g/mol. The van der Waals surface area contributed by atoms with E-state index in [2.05, 4.69) is 36.2 Å². The molecule has 24 heavy (non-hydrogen) atoms. The Bertz CT molecular complexity index is 740. The molecule has 0 bridgehead atoms. The van der Waals surface area contributed by atoms with Crippen LogP contribution in [0.1, 0.15) is 11.4 Å². The van der Waals surface area contributed by atoms with Crippen LogP contribution >= 0.6 is 27.7 Å². The normalized spacial score (nSPS) is 10.5. The Hall–Kier alpha value is -1.87. The van der Waals surface area contributed by atoms with Gasteiger partial charge in [-0.3, -0.25) is 4.79 Å². The number of hydrogen-bond donors (Lipinski definition) is 2. The summed E-state index contributed by atoms with van der Waals surface area (Å²) in [6.45, 7) is 1.99. The number of benzene rings is 1. The Morgan fingerprint density at radius 1 is 1.33 bits per heavy atom. The van der Waals surface area contributed by atoms with Crippen molar-refractivity contribution in [1.29, 1.82) is 0 Å². The van der Waals surface area contributed by atoms with Crippen LogP contribution in [0.5, 0.6) is 0 Å². The molecule has 0 radical (unpaired) electrons. The lowest BCUT2D eigenvalue weighted by molar-refractivity contribution is -0.113. The molecule has 9 heteroatoms. The molecule has 2 aromatic rings. The number of carbonyl (C=O) groups excluding carboxylic acids is 1. The van der Waals surface area contributed by atoms with E-state index in [4.69, 9.17) is 5.73 Å². The van der Waals surface area contributed by atoms with Crippen LogP contribution in [0.4, 0.5) is 17.6 Å². The van der Waals surface area contributed by atoms with E-state index in [1.807, 2.05) is 39.2 Å². The molecule has 7 nitrogen and oxygen atoms in total. The Morgan fingerprint density at radius 3 is 2.75 bits per heavy atom. The second-order valence-corrected chi connectivity index (χ2v) is 7.17. The van der Waals surface area contributed by atoms with Crippen LogP contribution in [0.3, 0.4) is 0 Å². The number of rotatable bonds is 6. The number of aryl methyl sites for hydroxylation is 1. The molecular weight excluding hydrogens is 392 g/mol. The molecule has 0 aliphatic carbocycles. The van der Waals surface area contributed by atoms with Gasteiger partial charge in [0, 0.05) is 18.6 Å².